The monoisotopic (exact) mass is 279 g/mol. The Bertz CT molecular complexity index is 473. The van der Waals surface area contributed by atoms with Crippen LogP contribution in [0.3, 0.4) is 0 Å². The van der Waals surface area contributed by atoms with Gasteiger partial charge in [-0.05, 0) is 12.1 Å². The van der Waals surface area contributed by atoms with E-state index in [1.807, 2.05) is 24.3 Å². The van der Waals surface area contributed by atoms with Crippen molar-refractivity contribution in [2.75, 3.05) is 5.73 Å². The van der Waals surface area contributed by atoms with Crippen LogP contribution in [0.4, 0.5) is 5.82 Å². The van der Waals surface area contributed by atoms with Crippen molar-refractivity contribution in [3.05, 3.63) is 46.4 Å². The van der Waals surface area contributed by atoms with E-state index < -0.39 is 0 Å². The molecule has 2 N–H and O–H groups in total. The number of halogens is 1. The summed E-state index contributed by atoms with van der Waals surface area (Å²) in [5.41, 5.74) is 6.48. The molecular formula is C11H10BrN3O. The molecule has 0 aliphatic rings. The molecule has 2 aromatic rings. The van der Waals surface area contributed by atoms with Gasteiger partial charge in [0, 0.05) is 16.1 Å². The zero-order valence-electron chi connectivity index (χ0n) is 8.43. The van der Waals surface area contributed by atoms with Gasteiger partial charge in [-0.15, -0.1) is 10.2 Å². The minimum absolute atomic E-state index is 0.383. The van der Waals surface area contributed by atoms with Gasteiger partial charge in [-0.25, -0.2) is 0 Å². The fourth-order valence-corrected chi connectivity index (χ4v) is 1.57. The molecule has 0 aliphatic heterocycles. The summed E-state index contributed by atoms with van der Waals surface area (Å²) in [4.78, 5) is 0. The highest BCUT2D eigenvalue weighted by atomic mass is 79.9. The van der Waals surface area contributed by atoms with Crippen molar-refractivity contribution >= 4 is 21.7 Å². The van der Waals surface area contributed by atoms with Crippen LogP contribution in [-0.2, 0) is 6.61 Å². The molecule has 0 unspecified atom stereocenters. The Hall–Kier alpha value is -1.62. The van der Waals surface area contributed by atoms with Gasteiger partial charge in [0.05, 0.1) is 0 Å². The van der Waals surface area contributed by atoms with Gasteiger partial charge in [0.15, 0.2) is 0 Å². The van der Waals surface area contributed by atoms with Crippen molar-refractivity contribution in [2.24, 2.45) is 0 Å². The molecule has 2 rings (SSSR count). The smallest absolute Gasteiger partial charge is 0.233 e. The average Bonchev–Trinajstić information content (AvgIpc) is 2.30. The number of aromatic nitrogens is 2. The molecule has 0 radical (unpaired) electrons. The molecular weight excluding hydrogens is 270 g/mol. The summed E-state index contributed by atoms with van der Waals surface area (Å²) in [6, 6.07) is 11.2. The van der Waals surface area contributed by atoms with Crippen LogP contribution < -0.4 is 10.5 Å². The minimum atomic E-state index is 0.383. The summed E-state index contributed by atoms with van der Waals surface area (Å²) in [6.07, 6.45) is 0. The highest BCUT2D eigenvalue weighted by Gasteiger charge is 2.00. The van der Waals surface area contributed by atoms with E-state index in [0.717, 1.165) is 10.0 Å². The second-order valence-corrected chi connectivity index (χ2v) is 4.03. The molecule has 0 spiro atoms. The average molecular weight is 280 g/mol. The lowest BCUT2D eigenvalue weighted by Crippen LogP contribution is -2.00. The zero-order chi connectivity index (χ0) is 11.4. The maximum Gasteiger partial charge on any atom is 0.233 e. The predicted octanol–water partition coefficient (Wildman–Crippen LogP) is 2.40. The molecule has 0 amide bonds. The predicted molar refractivity (Wildman–Crippen MR) is 64.9 cm³/mol. The van der Waals surface area contributed by atoms with E-state index >= 15 is 0 Å². The Morgan fingerprint density at radius 1 is 1.12 bits per heavy atom. The number of anilines is 1. The molecule has 5 heteroatoms. The maximum absolute atomic E-state index is 5.47. The SMILES string of the molecule is Nc1ccc(OCc2ccccc2Br)nn1. The molecule has 0 saturated carbocycles. The molecule has 1 aromatic heterocycles. The number of nitrogens with zero attached hydrogens (tertiary/aromatic N) is 2. The second kappa shape index (κ2) is 4.94. The van der Waals surface area contributed by atoms with Gasteiger partial charge in [0.2, 0.25) is 5.88 Å². The van der Waals surface area contributed by atoms with E-state index in [1.54, 1.807) is 12.1 Å². The van der Waals surface area contributed by atoms with Crippen LogP contribution in [0.15, 0.2) is 40.9 Å². The number of nitrogens with two attached hydrogens (primary N) is 1. The van der Waals surface area contributed by atoms with Crippen LogP contribution in [0.25, 0.3) is 0 Å². The van der Waals surface area contributed by atoms with E-state index in [-0.39, 0.29) is 0 Å². The number of nitrogen functional groups attached to an aromatic ring is 1. The van der Waals surface area contributed by atoms with E-state index in [0.29, 0.717) is 18.3 Å². The number of hydrogen-bond donors (Lipinski definition) is 1. The molecule has 1 aromatic carbocycles. The zero-order valence-corrected chi connectivity index (χ0v) is 10.0. The summed E-state index contributed by atoms with van der Waals surface area (Å²) in [6.45, 7) is 0.444. The van der Waals surface area contributed by atoms with E-state index in [9.17, 15) is 0 Å². The summed E-state index contributed by atoms with van der Waals surface area (Å²) < 4.78 is 6.48. The molecule has 0 aliphatic carbocycles. The van der Waals surface area contributed by atoms with Crippen LogP contribution in [0, 0.1) is 0 Å². The quantitative estimate of drug-likeness (QED) is 0.937. The Labute approximate surface area is 102 Å². The Morgan fingerprint density at radius 3 is 2.62 bits per heavy atom. The number of hydrogen-bond acceptors (Lipinski definition) is 4. The van der Waals surface area contributed by atoms with Crippen molar-refractivity contribution in [3.8, 4) is 5.88 Å². The third kappa shape index (κ3) is 2.70. The first kappa shape index (κ1) is 10.9. The minimum Gasteiger partial charge on any atom is -0.472 e. The van der Waals surface area contributed by atoms with Crippen LogP contribution in [-0.4, -0.2) is 10.2 Å². The number of rotatable bonds is 3. The largest absolute Gasteiger partial charge is 0.472 e. The third-order valence-electron chi connectivity index (χ3n) is 1.99. The summed E-state index contributed by atoms with van der Waals surface area (Å²) in [5.74, 6) is 0.846. The van der Waals surface area contributed by atoms with Gasteiger partial charge in [0.25, 0.3) is 0 Å². The van der Waals surface area contributed by atoms with Crippen LogP contribution in [0.5, 0.6) is 5.88 Å². The van der Waals surface area contributed by atoms with Crippen molar-refractivity contribution in [2.45, 2.75) is 6.61 Å². The lowest BCUT2D eigenvalue weighted by Gasteiger charge is -2.06. The van der Waals surface area contributed by atoms with E-state index in [4.69, 9.17) is 10.5 Å². The molecule has 16 heavy (non-hydrogen) atoms. The number of ether oxygens (including phenoxy) is 1. The first-order valence-corrected chi connectivity index (χ1v) is 5.50. The fourth-order valence-electron chi connectivity index (χ4n) is 1.17. The lowest BCUT2D eigenvalue weighted by molar-refractivity contribution is 0.290. The first-order chi connectivity index (χ1) is 7.75. The first-order valence-electron chi connectivity index (χ1n) is 4.71. The normalized spacial score (nSPS) is 10.1. The molecule has 1 heterocycles. The topological polar surface area (TPSA) is 61.0 Å². The number of benzene rings is 1. The highest BCUT2D eigenvalue weighted by Crippen LogP contribution is 2.17. The van der Waals surface area contributed by atoms with Crippen LogP contribution in [0.2, 0.25) is 0 Å². The third-order valence-corrected chi connectivity index (χ3v) is 2.77. The van der Waals surface area contributed by atoms with Gasteiger partial charge in [-0.2, -0.15) is 0 Å². The van der Waals surface area contributed by atoms with E-state index in [2.05, 4.69) is 26.1 Å². The van der Waals surface area contributed by atoms with E-state index in [1.165, 1.54) is 0 Å². The lowest BCUT2D eigenvalue weighted by atomic mass is 10.2. The van der Waals surface area contributed by atoms with Gasteiger partial charge < -0.3 is 10.5 Å². The van der Waals surface area contributed by atoms with Crippen molar-refractivity contribution in [3.63, 3.8) is 0 Å². The summed E-state index contributed by atoms with van der Waals surface area (Å²) in [7, 11) is 0. The standard InChI is InChI=1S/C11H10BrN3O/c12-9-4-2-1-3-8(9)7-16-11-6-5-10(13)14-15-11/h1-6H,7H2,(H2,13,14). The van der Waals surface area contributed by atoms with Crippen molar-refractivity contribution < 1.29 is 4.74 Å². The van der Waals surface area contributed by atoms with Gasteiger partial charge in [-0.3, -0.25) is 0 Å². The summed E-state index contributed by atoms with van der Waals surface area (Å²) in [5, 5.41) is 7.52. The Balaban J connectivity index is 2.02. The van der Waals surface area contributed by atoms with Crippen LogP contribution in [0.1, 0.15) is 5.56 Å². The highest BCUT2D eigenvalue weighted by molar-refractivity contribution is 9.10. The van der Waals surface area contributed by atoms with Gasteiger partial charge >= 0.3 is 0 Å². The molecule has 0 atom stereocenters. The second-order valence-electron chi connectivity index (χ2n) is 3.18. The molecule has 0 saturated heterocycles. The molecule has 0 fully saturated rings. The molecule has 0 bridgehead atoms. The maximum atomic E-state index is 5.47. The summed E-state index contributed by atoms with van der Waals surface area (Å²) >= 11 is 3.45. The van der Waals surface area contributed by atoms with Crippen molar-refractivity contribution in [1.82, 2.24) is 10.2 Å². The Kier molecular flexibility index (Phi) is 3.36. The Morgan fingerprint density at radius 2 is 1.94 bits per heavy atom. The van der Waals surface area contributed by atoms with Crippen molar-refractivity contribution in [1.29, 1.82) is 0 Å². The van der Waals surface area contributed by atoms with Crippen LogP contribution >= 0.6 is 15.9 Å². The fraction of sp³-hybridized carbons (Fsp3) is 0.0909. The van der Waals surface area contributed by atoms with Gasteiger partial charge in [0.1, 0.15) is 12.4 Å². The molecule has 82 valence electrons. The van der Waals surface area contributed by atoms with Gasteiger partial charge in [-0.1, -0.05) is 34.1 Å². The molecule has 4 nitrogen and oxygen atoms in total.